The van der Waals surface area contributed by atoms with Gasteiger partial charge in [-0.05, 0) is 31.1 Å². The van der Waals surface area contributed by atoms with Gasteiger partial charge in [-0.1, -0.05) is 26.7 Å². The Morgan fingerprint density at radius 1 is 1.11 bits per heavy atom. The van der Waals surface area contributed by atoms with Crippen molar-refractivity contribution in [3.8, 4) is 0 Å². The summed E-state index contributed by atoms with van der Waals surface area (Å²) in [6.45, 7) is 4.39. The highest BCUT2D eigenvalue weighted by molar-refractivity contribution is 5.99. The van der Waals surface area contributed by atoms with Gasteiger partial charge in [0, 0.05) is 19.4 Å². The second-order valence-corrected chi connectivity index (χ2v) is 6.32. The van der Waals surface area contributed by atoms with Crippen LogP contribution in [0.25, 0.3) is 0 Å². The van der Waals surface area contributed by atoms with E-state index >= 15 is 0 Å². The Balaban J connectivity index is 2.24. The van der Waals surface area contributed by atoms with Crippen LogP contribution in [-0.2, 0) is 9.59 Å². The lowest BCUT2D eigenvalue weighted by atomic mass is 9.74. The number of amides is 2. The minimum absolute atomic E-state index is 0.00676. The molecular formula is C15H26N2O2. The molecule has 108 valence electrons. The van der Waals surface area contributed by atoms with E-state index in [1.807, 2.05) is 13.8 Å². The molecule has 4 heteroatoms. The number of rotatable bonds is 4. The van der Waals surface area contributed by atoms with E-state index in [0.717, 1.165) is 38.5 Å². The van der Waals surface area contributed by atoms with Crippen LogP contribution in [0.15, 0.2) is 0 Å². The number of nitrogens with zero attached hydrogens (tertiary/aromatic N) is 1. The number of carbonyl (C=O) groups excluding carboxylic acids is 2. The van der Waals surface area contributed by atoms with Gasteiger partial charge in [0.15, 0.2) is 0 Å². The molecule has 0 radical (unpaired) electrons. The fourth-order valence-electron chi connectivity index (χ4n) is 3.96. The maximum Gasteiger partial charge on any atom is 0.230 e. The third-order valence-electron chi connectivity index (χ3n) is 5.39. The number of imide groups is 1. The highest BCUT2D eigenvalue weighted by Gasteiger charge is 2.50. The van der Waals surface area contributed by atoms with Crippen molar-refractivity contribution in [1.29, 1.82) is 0 Å². The zero-order valence-electron chi connectivity index (χ0n) is 12.2. The van der Waals surface area contributed by atoms with Crippen LogP contribution in [0.3, 0.4) is 0 Å². The summed E-state index contributed by atoms with van der Waals surface area (Å²) >= 11 is 0. The zero-order valence-corrected chi connectivity index (χ0v) is 12.2. The zero-order chi connectivity index (χ0) is 14.1. The van der Waals surface area contributed by atoms with Crippen LogP contribution in [0, 0.1) is 5.41 Å². The third kappa shape index (κ3) is 2.31. The van der Waals surface area contributed by atoms with Gasteiger partial charge >= 0.3 is 0 Å². The summed E-state index contributed by atoms with van der Waals surface area (Å²) in [6.07, 6.45) is 6.95. The molecule has 2 fully saturated rings. The molecule has 1 heterocycles. The molecular weight excluding hydrogens is 240 g/mol. The first-order valence-corrected chi connectivity index (χ1v) is 7.58. The predicted octanol–water partition coefficient (Wildman–Crippen LogP) is 2.21. The highest BCUT2D eigenvalue weighted by Crippen LogP contribution is 2.48. The highest BCUT2D eigenvalue weighted by atomic mass is 16.2. The van der Waals surface area contributed by atoms with Crippen LogP contribution in [0.1, 0.15) is 65.2 Å². The maximum atomic E-state index is 12.5. The topological polar surface area (TPSA) is 63.4 Å². The van der Waals surface area contributed by atoms with Crippen LogP contribution in [0.4, 0.5) is 0 Å². The Morgan fingerprint density at radius 2 is 1.58 bits per heavy atom. The van der Waals surface area contributed by atoms with Crippen molar-refractivity contribution in [1.82, 2.24) is 4.90 Å². The van der Waals surface area contributed by atoms with Crippen LogP contribution < -0.4 is 5.73 Å². The van der Waals surface area contributed by atoms with Crippen LogP contribution >= 0.6 is 0 Å². The van der Waals surface area contributed by atoms with Crippen molar-refractivity contribution >= 4 is 11.8 Å². The number of piperidine rings is 1. The fraction of sp³-hybridized carbons (Fsp3) is 0.867. The molecule has 1 saturated heterocycles. The lowest BCUT2D eigenvalue weighted by Crippen LogP contribution is -2.61. The number of hydrogen-bond donors (Lipinski definition) is 1. The van der Waals surface area contributed by atoms with Crippen molar-refractivity contribution in [3.63, 3.8) is 0 Å². The minimum atomic E-state index is -0.464. The molecule has 0 aromatic rings. The first kappa shape index (κ1) is 14.5. The average Bonchev–Trinajstić information content (AvgIpc) is 2.82. The van der Waals surface area contributed by atoms with Gasteiger partial charge in [0.25, 0.3) is 0 Å². The maximum absolute atomic E-state index is 12.5. The van der Waals surface area contributed by atoms with Gasteiger partial charge in [0.2, 0.25) is 11.8 Å². The van der Waals surface area contributed by atoms with Gasteiger partial charge in [0.05, 0.1) is 5.54 Å². The van der Waals surface area contributed by atoms with E-state index in [4.69, 9.17) is 5.73 Å². The van der Waals surface area contributed by atoms with E-state index in [1.165, 1.54) is 4.90 Å². The molecule has 1 saturated carbocycles. The van der Waals surface area contributed by atoms with Gasteiger partial charge in [-0.2, -0.15) is 0 Å². The summed E-state index contributed by atoms with van der Waals surface area (Å²) in [5, 5.41) is 0. The summed E-state index contributed by atoms with van der Waals surface area (Å²) < 4.78 is 0. The molecule has 4 nitrogen and oxygen atoms in total. The lowest BCUT2D eigenvalue weighted by Gasteiger charge is -2.47. The smallest absolute Gasteiger partial charge is 0.230 e. The average molecular weight is 266 g/mol. The van der Waals surface area contributed by atoms with E-state index < -0.39 is 5.54 Å². The third-order valence-corrected chi connectivity index (χ3v) is 5.39. The van der Waals surface area contributed by atoms with Crippen molar-refractivity contribution in [2.75, 3.05) is 6.54 Å². The molecule has 0 atom stereocenters. The molecule has 2 amide bonds. The molecule has 2 N–H and O–H groups in total. The number of carbonyl (C=O) groups is 2. The second kappa shape index (κ2) is 5.23. The van der Waals surface area contributed by atoms with Gasteiger partial charge < -0.3 is 5.73 Å². The molecule has 0 bridgehead atoms. The molecule has 1 aliphatic carbocycles. The van der Waals surface area contributed by atoms with Crippen molar-refractivity contribution in [2.24, 2.45) is 11.1 Å². The van der Waals surface area contributed by atoms with E-state index in [2.05, 4.69) is 0 Å². The van der Waals surface area contributed by atoms with E-state index in [0.29, 0.717) is 19.4 Å². The Bertz CT molecular complexity index is 340. The monoisotopic (exact) mass is 266 g/mol. The summed E-state index contributed by atoms with van der Waals surface area (Å²) in [5.41, 5.74) is 5.40. The number of hydrogen-bond acceptors (Lipinski definition) is 3. The second-order valence-electron chi connectivity index (χ2n) is 6.32. The van der Waals surface area contributed by atoms with Crippen LogP contribution in [0.2, 0.25) is 0 Å². The van der Waals surface area contributed by atoms with Gasteiger partial charge in [-0.15, -0.1) is 0 Å². The summed E-state index contributed by atoms with van der Waals surface area (Å²) in [5.74, 6) is 0.0135. The first-order valence-electron chi connectivity index (χ1n) is 7.58. The molecule has 2 rings (SSSR count). The molecule has 2 aliphatic rings. The summed E-state index contributed by atoms with van der Waals surface area (Å²) in [4.78, 5) is 26.6. The predicted molar refractivity (Wildman–Crippen MR) is 74.4 cm³/mol. The van der Waals surface area contributed by atoms with Gasteiger partial charge in [-0.3, -0.25) is 14.5 Å². The Hall–Kier alpha value is -0.900. The quantitative estimate of drug-likeness (QED) is 0.793. The summed E-state index contributed by atoms with van der Waals surface area (Å²) in [7, 11) is 0. The van der Waals surface area contributed by atoms with Crippen LogP contribution in [0.5, 0.6) is 0 Å². The van der Waals surface area contributed by atoms with E-state index in [1.54, 1.807) is 0 Å². The SMILES string of the molecule is CCC(CC)(CN)N1C(=O)CC2(CCCC2)CC1=O. The van der Waals surface area contributed by atoms with Crippen LogP contribution in [-0.4, -0.2) is 28.8 Å². The Morgan fingerprint density at radius 3 is 1.95 bits per heavy atom. The largest absolute Gasteiger partial charge is 0.328 e. The summed E-state index contributed by atoms with van der Waals surface area (Å²) in [6, 6.07) is 0. The number of likely N-dealkylation sites (tertiary alicyclic amines) is 1. The molecule has 0 aromatic carbocycles. The standard InChI is InChI=1S/C15H26N2O2/c1-3-15(4-2,11-16)17-12(18)9-14(10-13(17)19)7-5-6-8-14/h3-11,16H2,1-2H3. The van der Waals surface area contributed by atoms with Gasteiger partial charge in [-0.25, -0.2) is 0 Å². The van der Waals surface area contributed by atoms with Gasteiger partial charge in [0.1, 0.15) is 0 Å². The van der Waals surface area contributed by atoms with E-state index in [-0.39, 0.29) is 17.2 Å². The molecule has 0 unspecified atom stereocenters. The first-order chi connectivity index (χ1) is 9.02. The normalized spacial score (nSPS) is 23.4. The Labute approximate surface area is 115 Å². The molecule has 1 spiro atoms. The van der Waals surface area contributed by atoms with Crippen molar-refractivity contribution in [3.05, 3.63) is 0 Å². The lowest BCUT2D eigenvalue weighted by molar-refractivity contribution is -0.161. The molecule has 0 aromatic heterocycles. The minimum Gasteiger partial charge on any atom is -0.328 e. The molecule has 19 heavy (non-hydrogen) atoms. The Kier molecular flexibility index (Phi) is 4.00. The fourth-order valence-corrected chi connectivity index (χ4v) is 3.96. The van der Waals surface area contributed by atoms with Crippen molar-refractivity contribution < 1.29 is 9.59 Å². The number of nitrogens with two attached hydrogens (primary N) is 1. The molecule has 1 aliphatic heterocycles. The van der Waals surface area contributed by atoms with E-state index in [9.17, 15) is 9.59 Å². The van der Waals surface area contributed by atoms with Crippen molar-refractivity contribution in [2.45, 2.75) is 70.8 Å².